The van der Waals surface area contributed by atoms with Crippen LogP contribution in [0.2, 0.25) is 0 Å². The highest BCUT2D eigenvalue weighted by atomic mass is 19.1. The molecule has 2 fully saturated rings. The molecule has 120 valence electrons. The Bertz CT molecular complexity index is 563. The summed E-state index contributed by atoms with van der Waals surface area (Å²) >= 11 is 0. The summed E-state index contributed by atoms with van der Waals surface area (Å²) in [7, 11) is 0. The third-order valence-electron chi connectivity index (χ3n) is 4.67. The van der Waals surface area contributed by atoms with Crippen molar-refractivity contribution in [3.05, 3.63) is 30.1 Å². The molecule has 0 aliphatic carbocycles. The summed E-state index contributed by atoms with van der Waals surface area (Å²) in [5.41, 5.74) is 0.289. The number of ether oxygens (including phenoxy) is 1. The molecule has 0 N–H and O–H groups in total. The van der Waals surface area contributed by atoms with Crippen LogP contribution in [0, 0.1) is 5.82 Å². The molecule has 2 aliphatic rings. The molecule has 1 unspecified atom stereocenters. The quantitative estimate of drug-likeness (QED) is 0.841. The van der Waals surface area contributed by atoms with Gasteiger partial charge in [-0.1, -0.05) is 6.07 Å². The molecule has 0 aromatic heterocycles. The highest BCUT2D eigenvalue weighted by Gasteiger charge is 2.43. The maximum atomic E-state index is 13.5. The molecule has 1 aromatic rings. The van der Waals surface area contributed by atoms with Crippen molar-refractivity contribution < 1.29 is 13.9 Å². The number of amides is 1. The van der Waals surface area contributed by atoms with Crippen molar-refractivity contribution in [2.75, 3.05) is 31.1 Å². The van der Waals surface area contributed by atoms with Crippen LogP contribution in [0.5, 0.6) is 0 Å². The molecule has 0 saturated carbocycles. The lowest BCUT2D eigenvalue weighted by atomic mass is 9.89. The Balaban J connectivity index is 1.82. The van der Waals surface area contributed by atoms with Gasteiger partial charge in [-0.25, -0.2) is 4.39 Å². The SMILES string of the molecule is CC(C)N1CCCC2(CN(c3cccc(F)c3)C(=O)CO2)C1. The van der Waals surface area contributed by atoms with Crippen molar-refractivity contribution in [1.82, 2.24) is 4.90 Å². The second-order valence-corrected chi connectivity index (χ2v) is 6.60. The zero-order valence-electron chi connectivity index (χ0n) is 13.2. The van der Waals surface area contributed by atoms with Crippen LogP contribution >= 0.6 is 0 Å². The third kappa shape index (κ3) is 3.01. The van der Waals surface area contributed by atoms with Gasteiger partial charge < -0.3 is 9.64 Å². The number of benzene rings is 1. The number of anilines is 1. The number of carbonyl (C=O) groups excluding carboxylic acids is 1. The summed E-state index contributed by atoms with van der Waals surface area (Å²) in [6.07, 6.45) is 2.00. The number of nitrogens with zero attached hydrogens (tertiary/aromatic N) is 2. The van der Waals surface area contributed by atoms with Crippen LogP contribution in [-0.2, 0) is 9.53 Å². The molecule has 1 atom stereocenters. The second-order valence-electron chi connectivity index (χ2n) is 6.60. The average Bonchev–Trinajstić information content (AvgIpc) is 2.50. The van der Waals surface area contributed by atoms with Gasteiger partial charge in [0.1, 0.15) is 12.4 Å². The Hall–Kier alpha value is -1.46. The van der Waals surface area contributed by atoms with E-state index in [9.17, 15) is 9.18 Å². The standard InChI is InChI=1S/C17H23FN2O2/c1-13(2)19-8-4-7-17(11-19)12-20(16(21)10-22-17)15-6-3-5-14(18)9-15/h3,5-6,9,13H,4,7-8,10-12H2,1-2H3. The van der Waals surface area contributed by atoms with Gasteiger partial charge in [-0.2, -0.15) is 0 Å². The lowest BCUT2D eigenvalue weighted by Crippen LogP contribution is -2.62. The number of likely N-dealkylation sites (tertiary alicyclic amines) is 1. The lowest BCUT2D eigenvalue weighted by Gasteiger charge is -2.48. The van der Waals surface area contributed by atoms with Gasteiger partial charge in [-0.3, -0.25) is 9.69 Å². The number of hydrogen-bond acceptors (Lipinski definition) is 3. The Labute approximate surface area is 130 Å². The van der Waals surface area contributed by atoms with E-state index < -0.39 is 0 Å². The van der Waals surface area contributed by atoms with Gasteiger partial charge >= 0.3 is 0 Å². The van der Waals surface area contributed by atoms with Crippen molar-refractivity contribution in [2.45, 2.75) is 38.3 Å². The number of rotatable bonds is 2. The molecule has 1 spiro atoms. The van der Waals surface area contributed by atoms with E-state index in [1.165, 1.54) is 12.1 Å². The van der Waals surface area contributed by atoms with Gasteiger partial charge in [0.05, 0.1) is 12.1 Å². The van der Waals surface area contributed by atoms with Crippen LogP contribution in [0.15, 0.2) is 24.3 Å². The first kappa shape index (κ1) is 15.4. The van der Waals surface area contributed by atoms with Gasteiger partial charge in [0.2, 0.25) is 0 Å². The zero-order chi connectivity index (χ0) is 15.7. The van der Waals surface area contributed by atoms with Gasteiger partial charge in [-0.05, 0) is 51.4 Å². The van der Waals surface area contributed by atoms with E-state index in [2.05, 4.69) is 18.7 Å². The summed E-state index contributed by atoms with van der Waals surface area (Å²) in [4.78, 5) is 16.3. The van der Waals surface area contributed by atoms with Crippen LogP contribution in [0.4, 0.5) is 10.1 Å². The van der Waals surface area contributed by atoms with E-state index in [0.717, 1.165) is 25.9 Å². The van der Waals surface area contributed by atoms with E-state index in [0.29, 0.717) is 18.3 Å². The molecule has 2 heterocycles. The van der Waals surface area contributed by atoms with Gasteiger partial charge in [0.25, 0.3) is 5.91 Å². The van der Waals surface area contributed by atoms with Crippen LogP contribution < -0.4 is 4.90 Å². The normalized spacial score (nSPS) is 26.9. The molecule has 5 heteroatoms. The van der Waals surface area contributed by atoms with Crippen molar-refractivity contribution in [2.24, 2.45) is 0 Å². The molecule has 2 aliphatic heterocycles. The molecule has 1 aromatic carbocycles. The zero-order valence-corrected chi connectivity index (χ0v) is 13.2. The third-order valence-corrected chi connectivity index (χ3v) is 4.67. The van der Waals surface area contributed by atoms with E-state index in [1.807, 2.05) is 0 Å². The van der Waals surface area contributed by atoms with Crippen LogP contribution in [-0.4, -0.2) is 48.7 Å². The van der Waals surface area contributed by atoms with E-state index in [1.54, 1.807) is 17.0 Å². The number of hydrogen-bond donors (Lipinski definition) is 0. The largest absolute Gasteiger partial charge is 0.362 e. The molecule has 0 bridgehead atoms. The summed E-state index contributed by atoms with van der Waals surface area (Å²) < 4.78 is 19.4. The minimum absolute atomic E-state index is 0.0719. The first-order valence-corrected chi connectivity index (χ1v) is 7.93. The summed E-state index contributed by atoms with van der Waals surface area (Å²) in [6.45, 7) is 6.82. The number of morpholine rings is 1. The molecular formula is C17H23FN2O2. The highest BCUT2D eigenvalue weighted by molar-refractivity contribution is 5.95. The topological polar surface area (TPSA) is 32.8 Å². The first-order chi connectivity index (χ1) is 10.5. The lowest BCUT2D eigenvalue weighted by molar-refractivity contribution is -0.147. The Morgan fingerprint density at radius 2 is 2.14 bits per heavy atom. The Kier molecular flexibility index (Phi) is 4.19. The fourth-order valence-electron chi connectivity index (χ4n) is 3.41. The van der Waals surface area contributed by atoms with Gasteiger partial charge in [0.15, 0.2) is 0 Å². The van der Waals surface area contributed by atoms with Crippen molar-refractivity contribution in [1.29, 1.82) is 0 Å². The number of piperidine rings is 1. The molecule has 22 heavy (non-hydrogen) atoms. The summed E-state index contributed by atoms with van der Waals surface area (Å²) in [6, 6.07) is 6.69. The van der Waals surface area contributed by atoms with Crippen molar-refractivity contribution in [3.8, 4) is 0 Å². The average molecular weight is 306 g/mol. The van der Waals surface area contributed by atoms with Crippen molar-refractivity contribution in [3.63, 3.8) is 0 Å². The number of halogens is 1. The number of carbonyl (C=O) groups is 1. The van der Waals surface area contributed by atoms with E-state index >= 15 is 0 Å². The van der Waals surface area contributed by atoms with Crippen LogP contribution in [0.25, 0.3) is 0 Å². The Morgan fingerprint density at radius 1 is 1.32 bits per heavy atom. The minimum atomic E-state index is -0.331. The van der Waals surface area contributed by atoms with Crippen LogP contribution in [0.3, 0.4) is 0 Å². The van der Waals surface area contributed by atoms with Gasteiger partial charge in [-0.15, -0.1) is 0 Å². The maximum absolute atomic E-state index is 13.5. The minimum Gasteiger partial charge on any atom is -0.362 e. The molecular weight excluding hydrogens is 283 g/mol. The van der Waals surface area contributed by atoms with Crippen LogP contribution in [0.1, 0.15) is 26.7 Å². The molecule has 1 amide bonds. The predicted octanol–water partition coefficient (Wildman–Crippen LogP) is 2.43. The van der Waals surface area contributed by atoms with E-state index in [-0.39, 0.29) is 23.9 Å². The molecule has 3 rings (SSSR count). The smallest absolute Gasteiger partial charge is 0.253 e. The predicted molar refractivity (Wildman–Crippen MR) is 83.4 cm³/mol. The maximum Gasteiger partial charge on any atom is 0.253 e. The Morgan fingerprint density at radius 3 is 2.86 bits per heavy atom. The fraction of sp³-hybridized carbons (Fsp3) is 0.588. The molecule has 2 saturated heterocycles. The summed E-state index contributed by atoms with van der Waals surface area (Å²) in [5, 5.41) is 0. The molecule has 0 radical (unpaired) electrons. The summed E-state index contributed by atoms with van der Waals surface area (Å²) in [5.74, 6) is -0.420. The monoisotopic (exact) mass is 306 g/mol. The molecule has 4 nitrogen and oxygen atoms in total. The van der Waals surface area contributed by atoms with Gasteiger partial charge in [0, 0.05) is 18.3 Å². The van der Waals surface area contributed by atoms with Crippen molar-refractivity contribution >= 4 is 11.6 Å². The fourth-order valence-corrected chi connectivity index (χ4v) is 3.41. The first-order valence-electron chi connectivity index (χ1n) is 7.93. The second kappa shape index (κ2) is 5.97. The van der Waals surface area contributed by atoms with E-state index in [4.69, 9.17) is 4.74 Å². The highest BCUT2D eigenvalue weighted by Crippen LogP contribution is 2.32.